The zero-order chi connectivity index (χ0) is 15.2. The van der Waals surface area contributed by atoms with Crippen LogP contribution in [0, 0.1) is 0 Å². The van der Waals surface area contributed by atoms with Crippen LogP contribution in [-0.4, -0.2) is 36.4 Å². The molecule has 0 saturated heterocycles. The highest BCUT2D eigenvalue weighted by Crippen LogP contribution is 2.16. The van der Waals surface area contributed by atoms with Crippen molar-refractivity contribution >= 4 is 16.7 Å². The molecule has 21 heavy (non-hydrogen) atoms. The minimum atomic E-state index is -0.697. The summed E-state index contributed by atoms with van der Waals surface area (Å²) in [7, 11) is 0. The molecule has 0 fully saturated rings. The number of carbonyl (C=O) groups is 1. The van der Waals surface area contributed by atoms with E-state index in [1.54, 1.807) is 12.1 Å². The highest BCUT2D eigenvalue weighted by Gasteiger charge is 2.11. The Labute approximate surface area is 124 Å². The van der Waals surface area contributed by atoms with Gasteiger partial charge in [0.2, 0.25) is 0 Å². The minimum absolute atomic E-state index is 0.00855. The Morgan fingerprint density at radius 2 is 1.90 bits per heavy atom. The number of ether oxygens (including phenoxy) is 1. The van der Waals surface area contributed by atoms with Crippen LogP contribution in [0.25, 0.3) is 10.8 Å². The Balaban J connectivity index is 1.92. The number of carbonyl (C=O) groups excluding carboxylic acids is 1. The molecule has 0 aromatic heterocycles. The Kier molecular flexibility index (Phi) is 5.31. The smallest absolute Gasteiger partial charge is 0.338 e. The number of rotatable bonds is 6. The molecule has 0 bridgehead atoms. The lowest BCUT2D eigenvalue weighted by molar-refractivity contribution is 0.0256. The van der Waals surface area contributed by atoms with Crippen molar-refractivity contribution in [3.8, 4) is 0 Å². The second-order valence-electron chi connectivity index (χ2n) is 5.38. The van der Waals surface area contributed by atoms with Crippen molar-refractivity contribution in [2.75, 3.05) is 13.2 Å². The van der Waals surface area contributed by atoms with E-state index in [2.05, 4.69) is 5.32 Å². The zero-order valence-electron chi connectivity index (χ0n) is 12.4. The Bertz CT molecular complexity index is 610. The van der Waals surface area contributed by atoms with Crippen LogP contribution in [0.15, 0.2) is 42.5 Å². The van der Waals surface area contributed by atoms with Gasteiger partial charge in [0.1, 0.15) is 12.7 Å². The van der Waals surface area contributed by atoms with Gasteiger partial charge in [0.25, 0.3) is 0 Å². The lowest BCUT2D eigenvalue weighted by atomic mass is 10.1. The number of hydrogen-bond donors (Lipinski definition) is 2. The SMILES string of the molecule is CC(C)NCC(O)COC(=O)c1ccc2ccccc2c1. The largest absolute Gasteiger partial charge is 0.459 e. The van der Waals surface area contributed by atoms with E-state index >= 15 is 0 Å². The third-order valence-electron chi connectivity index (χ3n) is 3.15. The normalized spacial score (nSPS) is 12.6. The number of nitrogens with one attached hydrogen (secondary N) is 1. The summed E-state index contributed by atoms with van der Waals surface area (Å²) < 4.78 is 5.14. The lowest BCUT2D eigenvalue weighted by Crippen LogP contribution is -2.35. The van der Waals surface area contributed by atoms with Gasteiger partial charge >= 0.3 is 5.97 Å². The van der Waals surface area contributed by atoms with Gasteiger partial charge in [0.15, 0.2) is 0 Å². The average molecular weight is 287 g/mol. The van der Waals surface area contributed by atoms with E-state index in [0.717, 1.165) is 10.8 Å². The molecule has 0 amide bonds. The second-order valence-corrected chi connectivity index (χ2v) is 5.38. The zero-order valence-corrected chi connectivity index (χ0v) is 12.4. The van der Waals surface area contributed by atoms with Gasteiger partial charge in [0.05, 0.1) is 5.56 Å². The molecule has 0 heterocycles. The van der Waals surface area contributed by atoms with Crippen molar-refractivity contribution in [3.05, 3.63) is 48.0 Å². The van der Waals surface area contributed by atoms with Gasteiger partial charge in [-0.2, -0.15) is 0 Å². The van der Waals surface area contributed by atoms with Gasteiger partial charge in [-0.3, -0.25) is 0 Å². The van der Waals surface area contributed by atoms with Crippen molar-refractivity contribution in [3.63, 3.8) is 0 Å². The summed E-state index contributed by atoms with van der Waals surface area (Å²) in [6, 6.07) is 13.6. The molecular formula is C17H21NO3. The molecule has 0 radical (unpaired) electrons. The Hall–Kier alpha value is -1.91. The summed E-state index contributed by atoms with van der Waals surface area (Å²) in [4.78, 5) is 12.0. The van der Waals surface area contributed by atoms with Crippen molar-refractivity contribution < 1.29 is 14.6 Å². The van der Waals surface area contributed by atoms with Gasteiger partial charge < -0.3 is 15.2 Å². The number of benzene rings is 2. The van der Waals surface area contributed by atoms with Crippen LogP contribution >= 0.6 is 0 Å². The van der Waals surface area contributed by atoms with E-state index in [1.165, 1.54) is 0 Å². The highest BCUT2D eigenvalue weighted by molar-refractivity contribution is 5.95. The van der Waals surface area contributed by atoms with Gasteiger partial charge in [-0.25, -0.2) is 4.79 Å². The fraction of sp³-hybridized carbons (Fsp3) is 0.353. The summed E-state index contributed by atoms with van der Waals surface area (Å²) in [5, 5.41) is 14.9. The van der Waals surface area contributed by atoms with Gasteiger partial charge in [-0.1, -0.05) is 44.2 Å². The third kappa shape index (κ3) is 4.55. The van der Waals surface area contributed by atoms with Gasteiger partial charge in [-0.05, 0) is 22.9 Å². The fourth-order valence-corrected chi connectivity index (χ4v) is 2.00. The van der Waals surface area contributed by atoms with Crippen LogP contribution in [0.1, 0.15) is 24.2 Å². The van der Waals surface area contributed by atoms with Crippen molar-refractivity contribution in [1.29, 1.82) is 0 Å². The fourth-order valence-electron chi connectivity index (χ4n) is 2.00. The minimum Gasteiger partial charge on any atom is -0.459 e. The van der Waals surface area contributed by atoms with Gasteiger partial charge in [-0.15, -0.1) is 0 Å². The third-order valence-corrected chi connectivity index (χ3v) is 3.15. The molecule has 0 aliphatic heterocycles. The molecule has 0 aliphatic rings. The molecule has 0 saturated carbocycles. The number of hydrogen-bond acceptors (Lipinski definition) is 4. The maximum atomic E-state index is 12.0. The van der Waals surface area contributed by atoms with Crippen molar-refractivity contribution in [2.45, 2.75) is 26.0 Å². The van der Waals surface area contributed by atoms with Crippen LogP contribution in [0.4, 0.5) is 0 Å². The van der Waals surface area contributed by atoms with Crippen LogP contribution < -0.4 is 5.32 Å². The quantitative estimate of drug-likeness (QED) is 0.801. The van der Waals surface area contributed by atoms with Crippen LogP contribution in [0.5, 0.6) is 0 Å². The maximum absolute atomic E-state index is 12.0. The number of aliphatic hydroxyl groups excluding tert-OH is 1. The van der Waals surface area contributed by atoms with E-state index in [9.17, 15) is 9.90 Å². The molecule has 0 spiro atoms. The topological polar surface area (TPSA) is 58.6 Å². The molecular weight excluding hydrogens is 266 g/mol. The van der Waals surface area contributed by atoms with E-state index < -0.39 is 12.1 Å². The maximum Gasteiger partial charge on any atom is 0.338 e. The summed E-state index contributed by atoms with van der Waals surface area (Å²) in [6.07, 6.45) is -0.697. The van der Waals surface area contributed by atoms with E-state index in [-0.39, 0.29) is 12.6 Å². The molecule has 2 N–H and O–H groups in total. The van der Waals surface area contributed by atoms with E-state index in [4.69, 9.17) is 4.74 Å². The molecule has 2 aromatic carbocycles. The van der Waals surface area contributed by atoms with Gasteiger partial charge in [0, 0.05) is 12.6 Å². The second kappa shape index (κ2) is 7.20. The summed E-state index contributed by atoms with van der Waals surface area (Å²) in [5.41, 5.74) is 0.498. The molecule has 0 aliphatic carbocycles. The molecule has 1 atom stereocenters. The lowest BCUT2D eigenvalue weighted by Gasteiger charge is -2.14. The number of fused-ring (bicyclic) bond motifs is 1. The first-order valence-electron chi connectivity index (χ1n) is 7.13. The first kappa shape index (κ1) is 15.5. The standard InChI is InChI=1S/C17H21NO3/c1-12(2)18-10-16(19)11-21-17(20)15-8-7-13-5-3-4-6-14(13)9-15/h3-9,12,16,18-19H,10-11H2,1-2H3. The van der Waals surface area contributed by atoms with Crippen molar-refractivity contribution in [2.24, 2.45) is 0 Å². The van der Waals surface area contributed by atoms with E-state index in [0.29, 0.717) is 12.1 Å². The van der Waals surface area contributed by atoms with Crippen molar-refractivity contribution in [1.82, 2.24) is 5.32 Å². The first-order valence-corrected chi connectivity index (χ1v) is 7.13. The first-order chi connectivity index (χ1) is 10.1. The highest BCUT2D eigenvalue weighted by atomic mass is 16.5. The van der Waals surface area contributed by atoms with Crippen LogP contribution in [0.3, 0.4) is 0 Å². The molecule has 2 aromatic rings. The summed E-state index contributed by atoms with van der Waals surface area (Å²) >= 11 is 0. The number of esters is 1. The Morgan fingerprint density at radius 3 is 2.62 bits per heavy atom. The number of aliphatic hydroxyl groups is 1. The average Bonchev–Trinajstić information content (AvgIpc) is 2.50. The van der Waals surface area contributed by atoms with Crippen LogP contribution in [-0.2, 0) is 4.74 Å². The Morgan fingerprint density at radius 1 is 1.19 bits per heavy atom. The molecule has 4 heteroatoms. The molecule has 112 valence electrons. The van der Waals surface area contributed by atoms with E-state index in [1.807, 2.05) is 44.2 Å². The predicted molar refractivity (Wildman–Crippen MR) is 83.4 cm³/mol. The predicted octanol–water partition coefficient (Wildman–Crippen LogP) is 2.36. The monoisotopic (exact) mass is 287 g/mol. The molecule has 2 rings (SSSR count). The van der Waals surface area contributed by atoms with Crippen LogP contribution in [0.2, 0.25) is 0 Å². The summed E-state index contributed by atoms with van der Waals surface area (Å²) in [5.74, 6) is -0.413. The molecule has 1 unspecified atom stereocenters. The molecule has 4 nitrogen and oxygen atoms in total. The summed E-state index contributed by atoms with van der Waals surface area (Å²) in [6.45, 7) is 4.38.